The molecule has 74 valence electrons. The van der Waals surface area contributed by atoms with E-state index in [1.54, 1.807) is 0 Å². The first-order valence-corrected chi connectivity index (χ1v) is 5.49. The first kappa shape index (κ1) is 9.51. The van der Waals surface area contributed by atoms with E-state index >= 15 is 0 Å². The monoisotopic (exact) mass is 186 g/mol. The molecule has 0 aliphatic heterocycles. The first-order valence-electron chi connectivity index (χ1n) is 5.49. The van der Waals surface area contributed by atoms with E-state index in [1.165, 1.54) is 0 Å². The summed E-state index contributed by atoms with van der Waals surface area (Å²) in [4.78, 5) is 0. The Hall–Kier alpha value is -1.04. The Morgan fingerprint density at radius 3 is 1.07 bits per heavy atom. The van der Waals surface area contributed by atoms with Crippen molar-refractivity contribution >= 4 is 0 Å². The van der Waals surface area contributed by atoms with Crippen molar-refractivity contribution in [1.82, 2.24) is 0 Å². The quantitative estimate of drug-likeness (QED) is 0.547. The summed E-state index contributed by atoms with van der Waals surface area (Å²) in [5.41, 5.74) is 0. The molecular weight excluding hydrogens is 168 g/mol. The van der Waals surface area contributed by atoms with Crippen molar-refractivity contribution in [3.63, 3.8) is 0 Å². The highest BCUT2D eigenvalue weighted by atomic mass is 14.2. The minimum Gasteiger partial charge on any atom is -0.0813 e. The lowest BCUT2D eigenvalue weighted by molar-refractivity contribution is 0.633. The Labute approximate surface area is 86.7 Å². The fraction of sp³-hybridized carbons (Fsp3) is 0.429. The lowest BCUT2D eigenvalue weighted by Gasteiger charge is -2.22. The topological polar surface area (TPSA) is 0 Å². The van der Waals surface area contributed by atoms with E-state index in [0.29, 0.717) is 23.7 Å². The zero-order valence-electron chi connectivity index (χ0n) is 8.93. The lowest BCUT2D eigenvalue weighted by Crippen LogP contribution is -2.11. The molecule has 2 aliphatic carbocycles. The average molecular weight is 186 g/mol. The molecule has 0 aromatic heterocycles. The van der Waals surface area contributed by atoms with Crippen LogP contribution in [0.5, 0.6) is 0 Å². The molecule has 0 saturated carbocycles. The smallest absolute Gasteiger partial charge is 0.00445 e. The molecular formula is C14H18. The molecule has 14 heavy (non-hydrogen) atoms. The normalized spacial score (nSPS) is 40.4. The predicted octanol–water partition coefficient (Wildman–Crippen LogP) is 3.74. The van der Waals surface area contributed by atoms with Gasteiger partial charge >= 0.3 is 0 Å². The zero-order chi connectivity index (χ0) is 9.97. The summed E-state index contributed by atoms with van der Waals surface area (Å²) in [6.45, 7) is 4.44. The number of hydrogen-bond acceptors (Lipinski definition) is 0. The Kier molecular flexibility index (Phi) is 2.72. The first-order chi connectivity index (χ1) is 6.75. The van der Waals surface area contributed by atoms with Gasteiger partial charge in [0.1, 0.15) is 0 Å². The van der Waals surface area contributed by atoms with Crippen LogP contribution in [-0.4, -0.2) is 0 Å². The minimum absolute atomic E-state index is 0.575. The number of hydrogen-bond donors (Lipinski definition) is 0. The van der Waals surface area contributed by atoms with Crippen LogP contribution in [0.3, 0.4) is 0 Å². The molecule has 0 heterocycles. The standard InChI is InChI=1S/C14H18/c1-11-3-7-13(8-4-11)14-9-5-12(2)6-10-14/h3-14H,1-2H3. The molecule has 0 radical (unpaired) electrons. The third-order valence-corrected chi connectivity index (χ3v) is 2.99. The van der Waals surface area contributed by atoms with Gasteiger partial charge in [0.2, 0.25) is 0 Å². The molecule has 2 aliphatic rings. The Balaban J connectivity index is 2.04. The fourth-order valence-electron chi connectivity index (χ4n) is 1.98. The van der Waals surface area contributed by atoms with E-state index in [4.69, 9.17) is 0 Å². The van der Waals surface area contributed by atoms with Crippen LogP contribution in [-0.2, 0) is 0 Å². The van der Waals surface area contributed by atoms with Gasteiger partial charge in [-0.3, -0.25) is 0 Å². The van der Waals surface area contributed by atoms with Crippen molar-refractivity contribution in [3.8, 4) is 0 Å². The SMILES string of the molecule is CC1C=CC(C2C=CC(C)C=C2)C=C1. The lowest BCUT2D eigenvalue weighted by atomic mass is 9.83. The Morgan fingerprint density at radius 1 is 0.500 bits per heavy atom. The van der Waals surface area contributed by atoms with Crippen LogP contribution in [0.4, 0.5) is 0 Å². The van der Waals surface area contributed by atoms with Crippen LogP contribution in [0.25, 0.3) is 0 Å². The summed E-state index contributed by atoms with van der Waals surface area (Å²) in [5, 5.41) is 0. The van der Waals surface area contributed by atoms with Gasteiger partial charge in [0.15, 0.2) is 0 Å². The second-order valence-electron chi connectivity index (χ2n) is 4.41. The van der Waals surface area contributed by atoms with Crippen molar-refractivity contribution in [2.45, 2.75) is 13.8 Å². The maximum atomic E-state index is 2.33. The molecule has 0 N–H and O–H groups in total. The van der Waals surface area contributed by atoms with E-state index in [1.807, 2.05) is 0 Å². The van der Waals surface area contributed by atoms with Gasteiger partial charge in [-0.15, -0.1) is 0 Å². The average Bonchev–Trinajstić information content (AvgIpc) is 2.21. The molecule has 0 heteroatoms. The van der Waals surface area contributed by atoms with Crippen LogP contribution in [0.1, 0.15) is 13.8 Å². The maximum Gasteiger partial charge on any atom is 0.00445 e. The summed E-state index contributed by atoms with van der Waals surface area (Å²) in [7, 11) is 0. The molecule has 0 aromatic rings. The van der Waals surface area contributed by atoms with Gasteiger partial charge in [-0.05, 0) is 11.8 Å². The van der Waals surface area contributed by atoms with E-state index < -0.39 is 0 Å². The van der Waals surface area contributed by atoms with E-state index in [-0.39, 0.29) is 0 Å². The highest BCUT2D eigenvalue weighted by molar-refractivity contribution is 5.22. The van der Waals surface area contributed by atoms with Crippen molar-refractivity contribution in [2.24, 2.45) is 23.7 Å². The summed E-state index contributed by atoms with van der Waals surface area (Å²) in [6.07, 6.45) is 18.5. The van der Waals surface area contributed by atoms with Crippen LogP contribution >= 0.6 is 0 Å². The molecule has 0 aromatic carbocycles. The van der Waals surface area contributed by atoms with Gasteiger partial charge in [0, 0.05) is 11.8 Å². The van der Waals surface area contributed by atoms with Crippen LogP contribution in [0, 0.1) is 23.7 Å². The van der Waals surface area contributed by atoms with E-state index in [9.17, 15) is 0 Å². The van der Waals surface area contributed by atoms with Crippen molar-refractivity contribution in [1.29, 1.82) is 0 Å². The molecule has 0 bridgehead atoms. The number of allylic oxidation sites excluding steroid dienone is 8. The molecule has 2 rings (SSSR count). The Morgan fingerprint density at radius 2 is 0.786 bits per heavy atom. The second kappa shape index (κ2) is 4.00. The third kappa shape index (κ3) is 2.06. The molecule has 0 spiro atoms. The van der Waals surface area contributed by atoms with Crippen molar-refractivity contribution in [2.75, 3.05) is 0 Å². The maximum absolute atomic E-state index is 2.33. The zero-order valence-corrected chi connectivity index (χ0v) is 8.93. The van der Waals surface area contributed by atoms with Gasteiger partial charge in [-0.2, -0.15) is 0 Å². The van der Waals surface area contributed by atoms with Gasteiger partial charge in [0.05, 0.1) is 0 Å². The molecule has 0 amide bonds. The second-order valence-corrected chi connectivity index (χ2v) is 4.41. The molecule has 0 fully saturated rings. The summed E-state index contributed by atoms with van der Waals surface area (Å²) in [5.74, 6) is 2.38. The molecule has 0 saturated heterocycles. The Bertz CT molecular complexity index is 244. The summed E-state index contributed by atoms with van der Waals surface area (Å²) >= 11 is 0. The fourth-order valence-corrected chi connectivity index (χ4v) is 1.98. The van der Waals surface area contributed by atoms with Crippen LogP contribution in [0.2, 0.25) is 0 Å². The minimum atomic E-state index is 0.575. The summed E-state index contributed by atoms with van der Waals surface area (Å²) in [6, 6.07) is 0. The van der Waals surface area contributed by atoms with E-state index in [0.717, 1.165) is 0 Å². The van der Waals surface area contributed by atoms with Crippen molar-refractivity contribution < 1.29 is 0 Å². The van der Waals surface area contributed by atoms with Crippen LogP contribution in [0.15, 0.2) is 48.6 Å². The highest BCUT2D eigenvalue weighted by Crippen LogP contribution is 2.27. The van der Waals surface area contributed by atoms with Gasteiger partial charge in [-0.1, -0.05) is 62.5 Å². The molecule has 0 nitrogen and oxygen atoms in total. The number of rotatable bonds is 1. The molecule has 0 unspecified atom stereocenters. The van der Waals surface area contributed by atoms with Crippen LogP contribution < -0.4 is 0 Å². The van der Waals surface area contributed by atoms with Gasteiger partial charge in [0.25, 0.3) is 0 Å². The van der Waals surface area contributed by atoms with Gasteiger partial charge in [-0.25, -0.2) is 0 Å². The highest BCUT2D eigenvalue weighted by Gasteiger charge is 2.15. The van der Waals surface area contributed by atoms with E-state index in [2.05, 4.69) is 62.5 Å². The summed E-state index contributed by atoms with van der Waals surface area (Å²) < 4.78 is 0. The largest absolute Gasteiger partial charge is 0.0813 e. The van der Waals surface area contributed by atoms with Gasteiger partial charge < -0.3 is 0 Å². The molecule has 0 atom stereocenters. The third-order valence-electron chi connectivity index (χ3n) is 2.99. The predicted molar refractivity (Wildman–Crippen MR) is 61.9 cm³/mol. The van der Waals surface area contributed by atoms with Crippen molar-refractivity contribution in [3.05, 3.63) is 48.6 Å².